The summed E-state index contributed by atoms with van der Waals surface area (Å²) in [7, 11) is 0. The second kappa shape index (κ2) is 7.06. The third-order valence-electron chi connectivity index (χ3n) is 2.10. The van der Waals surface area contributed by atoms with Crippen LogP contribution in [0.1, 0.15) is 24.2 Å². The number of allylic oxidation sites excluding steroid dienone is 2. The van der Waals surface area contributed by atoms with Gasteiger partial charge in [-0.15, -0.1) is 0 Å². The summed E-state index contributed by atoms with van der Waals surface area (Å²) in [5, 5.41) is 0. The Morgan fingerprint density at radius 2 is 1.72 bits per heavy atom. The van der Waals surface area contributed by atoms with Crippen molar-refractivity contribution in [3.63, 3.8) is 0 Å². The van der Waals surface area contributed by atoms with Crippen LogP contribution in [0.4, 0.5) is 0 Å². The van der Waals surface area contributed by atoms with Crippen molar-refractivity contribution in [3.05, 3.63) is 59.7 Å². The summed E-state index contributed by atoms with van der Waals surface area (Å²) in [6, 6.07) is 8.29. The first-order valence-electron chi connectivity index (χ1n) is 5.46. The van der Waals surface area contributed by atoms with E-state index in [-0.39, 0.29) is 0 Å². The Labute approximate surface area is 105 Å². The number of rotatable bonds is 3. The number of carbonyl (C=O) groups is 2. The minimum Gasteiger partial charge on any atom is -0.242 e. The molecule has 4 nitrogen and oxygen atoms in total. The first-order chi connectivity index (χ1) is 8.69. The molecular weight excluding hydrogens is 232 g/mol. The van der Waals surface area contributed by atoms with Gasteiger partial charge in [-0.2, -0.15) is 0 Å². The number of benzene rings is 1. The summed E-state index contributed by atoms with van der Waals surface area (Å²) in [5.41, 5.74) is 0.636. The molecule has 0 aliphatic heterocycles. The van der Waals surface area contributed by atoms with Crippen LogP contribution in [0, 0.1) is 0 Å². The van der Waals surface area contributed by atoms with Gasteiger partial charge in [0.25, 0.3) is 0 Å². The summed E-state index contributed by atoms with van der Waals surface area (Å²) >= 11 is 0. The highest BCUT2D eigenvalue weighted by Crippen LogP contribution is 2.05. The molecule has 18 heavy (non-hydrogen) atoms. The number of hydrogen-bond acceptors (Lipinski definition) is 4. The fourth-order valence-electron chi connectivity index (χ4n) is 1.21. The standard InChI is InChI=1S/C14H14O4/c1-3-8-11(4-2)13(15)17-18-14(16)12-9-6-5-7-10-12/h3-10H,1-2H3/b8-3-,11-4+. The van der Waals surface area contributed by atoms with Crippen LogP contribution in [0.5, 0.6) is 0 Å². The molecule has 0 unspecified atom stereocenters. The molecule has 0 atom stereocenters. The first kappa shape index (κ1) is 13.7. The molecule has 0 saturated heterocycles. The Hall–Kier alpha value is -2.36. The molecule has 0 saturated carbocycles. The van der Waals surface area contributed by atoms with E-state index in [0.717, 1.165) is 0 Å². The lowest BCUT2D eigenvalue weighted by atomic mass is 10.2. The number of hydrogen-bond donors (Lipinski definition) is 0. The molecule has 0 aliphatic rings. The maximum Gasteiger partial charge on any atom is 0.386 e. The van der Waals surface area contributed by atoms with Crippen molar-refractivity contribution in [1.29, 1.82) is 0 Å². The van der Waals surface area contributed by atoms with Crippen molar-refractivity contribution in [1.82, 2.24) is 0 Å². The normalized spacial score (nSPS) is 11.3. The Bertz CT molecular complexity index is 472. The molecule has 1 rings (SSSR count). The smallest absolute Gasteiger partial charge is 0.242 e. The van der Waals surface area contributed by atoms with E-state index in [1.54, 1.807) is 62.4 Å². The maximum absolute atomic E-state index is 11.5. The fraction of sp³-hybridized carbons (Fsp3) is 0.143. The van der Waals surface area contributed by atoms with Gasteiger partial charge in [0, 0.05) is 0 Å². The van der Waals surface area contributed by atoms with Crippen LogP contribution >= 0.6 is 0 Å². The van der Waals surface area contributed by atoms with Crippen LogP contribution < -0.4 is 0 Å². The van der Waals surface area contributed by atoms with Gasteiger partial charge in [0.05, 0.1) is 11.1 Å². The summed E-state index contributed by atoms with van der Waals surface area (Å²) in [4.78, 5) is 31.9. The van der Waals surface area contributed by atoms with E-state index in [9.17, 15) is 9.59 Å². The van der Waals surface area contributed by atoms with Crippen LogP contribution in [0.15, 0.2) is 54.1 Å². The summed E-state index contributed by atoms with van der Waals surface area (Å²) in [5.74, 6) is -1.42. The average Bonchev–Trinajstić information content (AvgIpc) is 2.42. The van der Waals surface area contributed by atoms with Crippen molar-refractivity contribution in [3.8, 4) is 0 Å². The Balaban J connectivity index is 2.56. The average molecular weight is 246 g/mol. The van der Waals surface area contributed by atoms with Gasteiger partial charge in [-0.1, -0.05) is 36.4 Å². The van der Waals surface area contributed by atoms with Gasteiger partial charge in [-0.25, -0.2) is 19.4 Å². The van der Waals surface area contributed by atoms with Gasteiger partial charge in [0.2, 0.25) is 0 Å². The molecule has 0 radical (unpaired) electrons. The minimum absolute atomic E-state index is 0.318. The Morgan fingerprint density at radius 3 is 2.28 bits per heavy atom. The molecule has 1 aromatic carbocycles. The zero-order valence-corrected chi connectivity index (χ0v) is 10.3. The highest BCUT2D eigenvalue weighted by molar-refractivity contribution is 5.93. The second-order valence-electron chi connectivity index (χ2n) is 3.35. The van der Waals surface area contributed by atoms with Crippen molar-refractivity contribution in [2.45, 2.75) is 13.8 Å². The lowest BCUT2D eigenvalue weighted by molar-refractivity contribution is -0.229. The third kappa shape index (κ3) is 3.90. The first-order valence-corrected chi connectivity index (χ1v) is 5.46. The van der Waals surface area contributed by atoms with E-state index in [1.807, 2.05) is 0 Å². The molecular formula is C14H14O4. The van der Waals surface area contributed by atoms with E-state index in [0.29, 0.717) is 11.1 Å². The quantitative estimate of drug-likeness (QED) is 0.356. The highest BCUT2D eigenvalue weighted by Gasteiger charge is 2.13. The van der Waals surface area contributed by atoms with E-state index in [4.69, 9.17) is 0 Å². The zero-order chi connectivity index (χ0) is 13.4. The van der Waals surface area contributed by atoms with E-state index >= 15 is 0 Å². The topological polar surface area (TPSA) is 52.6 Å². The lowest BCUT2D eigenvalue weighted by Gasteiger charge is -2.03. The molecule has 0 spiro atoms. The third-order valence-corrected chi connectivity index (χ3v) is 2.10. The molecule has 0 heterocycles. The van der Waals surface area contributed by atoms with Crippen molar-refractivity contribution in [2.24, 2.45) is 0 Å². The lowest BCUT2D eigenvalue weighted by Crippen LogP contribution is -2.12. The van der Waals surface area contributed by atoms with E-state index in [1.165, 1.54) is 0 Å². The minimum atomic E-state index is -0.708. The van der Waals surface area contributed by atoms with Gasteiger partial charge in [-0.3, -0.25) is 0 Å². The predicted octanol–water partition coefficient (Wildman–Crippen LogP) is 2.82. The van der Waals surface area contributed by atoms with Crippen LogP contribution in [0.25, 0.3) is 0 Å². The number of carbonyl (C=O) groups excluding carboxylic acids is 2. The Morgan fingerprint density at radius 1 is 1.06 bits per heavy atom. The Kier molecular flexibility index (Phi) is 5.38. The van der Waals surface area contributed by atoms with Gasteiger partial charge in [0.1, 0.15) is 0 Å². The molecule has 0 aromatic heterocycles. The summed E-state index contributed by atoms with van der Waals surface area (Å²) in [6.45, 7) is 3.46. The second-order valence-corrected chi connectivity index (χ2v) is 3.35. The van der Waals surface area contributed by atoms with Gasteiger partial charge < -0.3 is 0 Å². The van der Waals surface area contributed by atoms with Gasteiger partial charge in [0.15, 0.2) is 0 Å². The highest BCUT2D eigenvalue weighted by atomic mass is 17.2. The van der Waals surface area contributed by atoms with Crippen LogP contribution in [-0.2, 0) is 14.6 Å². The largest absolute Gasteiger partial charge is 0.386 e. The van der Waals surface area contributed by atoms with E-state index < -0.39 is 11.9 Å². The monoisotopic (exact) mass is 246 g/mol. The zero-order valence-electron chi connectivity index (χ0n) is 10.3. The summed E-state index contributed by atoms with van der Waals surface area (Å²) in [6.07, 6.45) is 4.83. The van der Waals surface area contributed by atoms with E-state index in [2.05, 4.69) is 9.78 Å². The predicted molar refractivity (Wildman–Crippen MR) is 66.5 cm³/mol. The molecule has 0 bridgehead atoms. The molecule has 94 valence electrons. The molecule has 4 heteroatoms. The van der Waals surface area contributed by atoms with Gasteiger partial charge >= 0.3 is 11.9 Å². The molecule has 0 fully saturated rings. The fourth-order valence-corrected chi connectivity index (χ4v) is 1.21. The van der Waals surface area contributed by atoms with Crippen LogP contribution in [-0.4, -0.2) is 11.9 Å². The summed E-state index contributed by atoms with van der Waals surface area (Å²) < 4.78 is 0. The van der Waals surface area contributed by atoms with Crippen molar-refractivity contribution in [2.75, 3.05) is 0 Å². The van der Waals surface area contributed by atoms with Crippen molar-refractivity contribution < 1.29 is 19.4 Å². The van der Waals surface area contributed by atoms with Crippen LogP contribution in [0.3, 0.4) is 0 Å². The SMILES string of the molecule is C/C=C\C(=C/C)C(=O)OOC(=O)c1ccccc1. The van der Waals surface area contributed by atoms with Crippen molar-refractivity contribution >= 4 is 11.9 Å². The molecule has 0 N–H and O–H groups in total. The van der Waals surface area contributed by atoms with Crippen LogP contribution in [0.2, 0.25) is 0 Å². The van der Waals surface area contributed by atoms with Gasteiger partial charge in [-0.05, 0) is 26.0 Å². The maximum atomic E-state index is 11.5. The molecule has 0 aliphatic carbocycles. The molecule has 0 amide bonds. The molecule has 1 aromatic rings.